The van der Waals surface area contributed by atoms with Crippen molar-refractivity contribution in [1.82, 2.24) is 24.6 Å². The zero-order valence-corrected chi connectivity index (χ0v) is 19.0. The number of hydrogen-bond acceptors (Lipinski definition) is 7. The Morgan fingerprint density at radius 2 is 1.81 bits per heavy atom. The summed E-state index contributed by atoms with van der Waals surface area (Å²) in [6, 6.07) is 17.5. The Morgan fingerprint density at radius 3 is 2.64 bits per heavy atom. The maximum Gasteiger partial charge on any atom is 0.328 e. The molecule has 5 rings (SSSR count). The Bertz CT molecular complexity index is 1610. The van der Waals surface area contributed by atoms with E-state index in [1.807, 2.05) is 30.3 Å². The molecule has 0 aliphatic carbocycles. The number of fused-ring (bicyclic) bond motifs is 1. The molecule has 0 fully saturated rings. The smallest absolute Gasteiger partial charge is 0.328 e. The molecule has 0 saturated heterocycles. The van der Waals surface area contributed by atoms with Crippen molar-refractivity contribution in [2.45, 2.75) is 13.1 Å². The van der Waals surface area contributed by atoms with Crippen molar-refractivity contribution in [3.05, 3.63) is 109 Å². The van der Waals surface area contributed by atoms with Gasteiger partial charge in [0.1, 0.15) is 5.56 Å². The molecule has 36 heavy (non-hydrogen) atoms. The van der Waals surface area contributed by atoms with Gasteiger partial charge in [-0.15, -0.1) is 0 Å². The molecule has 2 N–H and O–H groups in total. The summed E-state index contributed by atoms with van der Waals surface area (Å²) < 4.78 is 12.8. The summed E-state index contributed by atoms with van der Waals surface area (Å²) in [5.41, 5.74) is 0.166. The molecule has 1 aliphatic heterocycles. The highest BCUT2D eigenvalue weighted by molar-refractivity contribution is 5.93. The molecule has 0 spiro atoms. The average Bonchev–Trinajstić information content (AvgIpc) is 3.36. The van der Waals surface area contributed by atoms with Crippen LogP contribution in [0, 0.1) is 0 Å². The first kappa shape index (κ1) is 22.8. The molecule has 182 valence electrons. The maximum atomic E-state index is 12.9. The van der Waals surface area contributed by atoms with E-state index in [-0.39, 0.29) is 37.5 Å². The third-order valence-electron chi connectivity index (χ3n) is 5.63. The van der Waals surface area contributed by atoms with Gasteiger partial charge in [-0.25, -0.2) is 9.48 Å². The molecule has 0 atom stereocenters. The van der Waals surface area contributed by atoms with E-state index in [1.54, 1.807) is 24.3 Å². The molecule has 11 heteroatoms. The Balaban J connectivity index is 1.29. The lowest BCUT2D eigenvalue weighted by Crippen LogP contribution is -2.41. The predicted molar refractivity (Wildman–Crippen MR) is 129 cm³/mol. The fourth-order valence-corrected chi connectivity index (χ4v) is 3.78. The first-order valence-electron chi connectivity index (χ1n) is 11.1. The topological polar surface area (TPSA) is 137 Å². The molecule has 0 unspecified atom stereocenters. The molecule has 3 heterocycles. The highest BCUT2D eigenvalue weighted by atomic mass is 16.7. The van der Waals surface area contributed by atoms with Gasteiger partial charge in [0.2, 0.25) is 6.79 Å². The van der Waals surface area contributed by atoms with E-state index in [4.69, 9.17) is 9.47 Å². The molecular weight excluding hydrogens is 466 g/mol. The number of ether oxygens (including phenoxy) is 2. The highest BCUT2D eigenvalue weighted by Crippen LogP contribution is 2.32. The molecule has 0 radical (unpaired) electrons. The van der Waals surface area contributed by atoms with E-state index < -0.39 is 17.2 Å². The summed E-state index contributed by atoms with van der Waals surface area (Å²) >= 11 is 0. The Hall–Kier alpha value is -4.93. The molecule has 1 aliphatic rings. The molecule has 2 aromatic heterocycles. The number of hydrogen-bond donors (Lipinski definition) is 2. The summed E-state index contributed by atoms with van der Waals surface area (Å²) in [4.78, 5) is 52.6. The fourth-order valence-electron chi connectivity index (χ4n) is 3.78. The van der Waals surface area contributed by atoms with Crippen LogP contribution >= 0.6 is 0 Å². The second-order valence-electron chi connectivity index (χ2n) is 7.99. The van der Waals surface area contributed by atoms with E-state index >= 15 is 0 Å². The third kappa shape index (κ3) is 4.67. The van der Waals surface area contributed by atoms with Gasteiger partial charge in [-0.1, -0.05) is 36.4 Å². The zero-order valence-electron chi connectivity index (χ0n) is 19.0. The number of aromatic nitrogens is 4. The van der Waals surface area contributed by atoms with Crippen LogP contribution in [0.4, 0.5) is 0 Å². The number of carbonyl (C=O) groups excluding carboxylic acids is 1. The second kappa shape index (κ2) is 9.74. The number of aromatic amines is 1. The Morgan fingerprint density at radius 1 is 1.00 bits per heavy atom. The van der Waals surface area contributed by atoms with Crippen LogP contribution in [0.2, 0.25) is 0 Å². The Kier molecular flexibility index (Phi) is 6.18. The molecule has 1 amide bonds. The summed E-state index contributed by atoms with van der Waals surface area (Å²) in [7, 11) is 0. The van der Waals surface area contributed by atoms with E-state index in [2.05, 4.69) is 15.4 Å². The molecule has 4 aromatic rings. The van der Waals surface area contributed by atoms with Gasteiger partial charge in [0.05, 0.1) is 18.8 Å². The standard InChI is InChI=1S/C25H21N5O6/c31-22-9-7-19(17-4-2-1-3-5-17)28-30(22)11-10-26-23(32)18-13-27-25(34)29(24(18)33)14-16-6-8-20-21(12-16)36-15-35-20/h1-9,12-13H,10-11,14-15H2,(H,26,32)(H,27,34). The SMILES string of the molecule is O=C(NCCn1nc(-c2ccccc2)ccc1=O)c1c[nH]c(=O)n(Cc2ccc3c(c2)OCO3)c1=O. The van der Waals surface area contributed by atoms with Crippen LogP contribution in [-0.4, -0.2) is 38.6 Å². The monoisotopic (exact) mass is 487 g/mol. The number of amides is 1. The zero-order chi connectivity index (χ0) is 25.1. The van der Waals surface area contributed by atoms with Gasteiger partial charge in [-0.3, -0.25) is 19.0 Å². The van der Waals surface area contributed by atoms with Crippen LogP contribution in [0.15, 0.2) is 81.2 Å². The van der Waals surface area contributed by atoms with E-state index in [0.29, 0.717) is 22.8 Å². The van der Waals surface area contributed by atoms with Crippen molar-refractivity contribution in [3.8, 4) is 22.8 Å². The molecular formula is C25H21N5O6. The van der Waals surface area contributed by atoms with Crippen LogP contribution in [0.5, 0.6) is 11.5 Å². The fraction of sp³-hybridized carbons (Fsp3) is 0.160. The van der Waals surface area contributed by atoms with E-state index in [0.717, 1.165) is 16.3 Å². The molecule has 2 aromatic carbocycles. The minimum Gasteiger partial charge on any atom is -0.454 e. The highest BCUT2D eigenvalue weighted by Gasteiger charge is 2.17. The first-order valence-corrected chi connectivity index (χ1v) is 11.1. The largest absolute Gasteiger partial charge is 0.454 e. The lowest BCUT2D eigenvalue weighted by Gasteiger charge is -2.10. The molecule has 0 saturated carbocycles. The summed E-state index contributed by atoms with van der Waals surface area (Å²) in [6.45, 7) is 0.190. The van der Waals surface area contributed by atoms with Crippen LogP contribution in [0.3, 0.4) is 0 Å². The van der Waals surface area contributed by atoms with Crippen molar-refractivity contribution < 1.29 is 14.3 Å². The molecule has 11 nitrogen and oxygen atoms in total. The van der Waals surface area contributed by atoms with Gasteiger partial charge in [-0.2, -0.15) is 5.10 Å². The lowest BCUT2D eigenvalue weighted by atomic mass is 10.1. The minimum absolute atomic E-state index is 0.0463. The van der Waals surface area contributed by atoms with Crippen molar-refractivity contribution in [2.75, 3.05) is 13.3 Å². The normalized spacial score (nSPS) is 11.9. The van der Waals surface area contributed by atoms with Crippen molar-refractivity contribution in [2.24, 2.45) is 0 Å². The van der Waals surface area contributed by atoms with Crippen LogP contribution in [0.1, 0.15) is 15.9 Å². The summed E-state index contributed by atoms with van der Waals surface area (Å²) in [6.07, 6.45) is 1.08. The lowest BCUT2D eigenvalue weighted by molar-refractivity contribution is 0.0949. The summed E-state index contributed by atoms with van der Waals surface area (Å²) in [5.74, 6) is 0.421. The van der Waals surface area contributed by atoms with E-state index in [1.165, 1.54) is 10.7 Å². The third-order valence-corrected chi connectivity index (χ3v) is 5.63. The molecule has 0 bridgehead atoms. The number of carbonyl (C=O) groups is 1. The van der Waals surface area contributed by atoms with Gasteiger partial charge in [0.15, 0.2) is 11.5 Å². The van der Waals surface area contributed by atoms with Gasteiger partial charge >= 0.3 is 5.69 Å². The first-order chi connectivity index (χ1) is 17.5. The summed E-state index contributed by atoms with van der Waals surface area (Å²) in [5, 5.41) is 6.96. The number of nitrogens with one attached hydrogen (secondary N) is 2. The van der Waals surface area contributed by atoms with Crippen LogP contribution in [0.25, 0.3) is 11.3 Å². The van der Waals surface area contributed by atoms with Gasteiger partial charge < -0.3 is 19.8 Å². The second-order valence-corrected chi connectivity index (χ2v) is 7.99. The van der Waals surface area contributed by atoms with Gasteiger partial charge in [0, 0.05) is 24.4 Å². The Labute approximate surface area is 203 Å². The van der Waals surface area contributed by atoms with Crippen LogP contribution < -0.4 is 31.6 Å². The minimum atomic E-state index is -0.740. The van der Waals surface area contributed by atoms with Crippen LogP contribution in [-0.2, 0) is 13.1 Å². The van der Waals surface area contributed by atoms with E-state index in [9.17, 15) is 19.2 Å². The predicted octanol–water partition coefficient (Wildman–Crippen LogP) is 0.967. The van der Waals surface area contributed by atoms with Gasteiger partial charge in [0.25, 0.3) is 17.0 Å². The number of H-pyrrole nitrogens is 1. The van der Waals surface area contributed by atoms with Gasteiger partial charge in [-0.05, 0) is 23.8 Å². The number of benzene rings is 2. The maximum absolute atomic E-state index is 12.9. The number of rotatable bonds is 7. The van der Waals surface area contributed by atoms with Crippen molar-refractivity contribution in [3.63, 3.8) is 0 Å². The van der Waals surface area contributed by atoms with Crippen molar-refractivity contribution in [1.29, 1.82) is 0 Å². The quantitative estimate of drug-likeness (QED) is 0.396. The van der Waals surface area contributed by atoms with Crippen molar-refractivity contribution >= 4 is 5.91 Å². The average molecular weight is 487 g/mol. The number of nitrogens with zero attached hydrogens (tertiary/aromatic N) is 3.